The molecule has 0 N–H and O–H groups in total. The van der Waals surface area contributed by atoms with Gasteiger partial charge in [-0.3, -0.25) is 4.98 Å². The Bertz CT molecular complexity index is 684. The SMILES string of the molecule is COc1cc2nccc(N3CCC(CCSC)CC3)c2cc1OC. The number of methoxy groups -OCH3 is 2. The number of anilines is 1. The molecule has 2 aromatic rings. The number of rotatable bonds is 6. The second-order valence-corrected chi connectivity index (χ2v) is 7.25. The Labute approximate surface area is 148 Å². The van der Waals surface area contributed by atoms with Gasteiger partial charge in [0.05, 0.1) is 19.7 Å². The first-order chi connectivity index (χ1) is 11.8. The van der Waals surface area contributed by atoms with Gasteiger partial charge in [-0.05, 0) is 49.3 Å². The largest absolute Gasteiger partial charge is 0.493 e. The van der Waals surface area contributed by atoms with E-state index in [0.717, 1.165) is 41.4 Å². The van der Waals surface area contributed by atoms with E-state index in [1.54, 1.807) is 14.2 Å². The van der Waals surface area contributed by atoms with E-state index in [0.29, 0.717) is 0 Å². The molecule has 0 saturated carbocycles. The zero-order chi connectivity index (χ0) is 16.9. The van der Waals surface area contributed by atoms with Gasteiger partial charge in [-0.2, -0.15) is 11.8 Å². The van der Waals surface area contributed by atoms with Crippen LogP contribution in [0.25, 0.3) is 10.9 Å². The number of piperidine rings is 1. The molecule has 1 aliphatic heterocycles. The second kappa shape index (κ2) is 7.97. The van der Waals surface area contributed by atoms with Gasteiger partial charge in [0.25, 0.3) is 0 Å². The maximum atomic E-state index is 5.47. The van der Waals surface area contributed by atoms with Gasteiger partial charge in [0, 0.05) is 36.4 Å². The molecule has 0 unspecified atom stereocenters. The molecule has 4 nitrogen and oxygen atoms in total. The Morgan fingerprint density at radius 2 is 1.88 bits per heavy atom. The first kappa shape index (κ1) is 17.2. The second-order valence-electron chi connectivity index (χ2n) is 6.27. The van der Waals surface area contributed by atoms with Crippen LogP contribution in [0.5, 0.6) is 11.5 Å². The van der Waals surface area contributed by atoms with E-state index in [2.05, 4.69) is 28.3 Å². The van der Waals surface area contributed by atoms with Crippen molar-refractivity contribution in [2.45, 2.75) is 19.3 Å². The van der Waals surface area contributed by atoms with Crippen molar-refractivity contribution in [3.8, 4) is 11.5 Å². The van der Waals surface area contributed by atoms with E-state index in [1.807, 2.05) is 24.0 Å². The summed E-state index contributed by atoms with van der Waals surface area (Å²) >= 11 is 1.95. The highest BCUT2D eigenvalue weighted by Crippen LogP contribution is 2.37. The number of thioether (sulfide) groups is 1. The summed E-state index contributed by atoms with van der Waals surface area (Å²) in [5, 5.41) is 1.14. The van der Waals surface area contributed by atoms with Crippen molar-refractivity contribution in [3.05, 3.63) is 24.4 Å². The number of aromatic nitrogens is 1. The zero-order valence-corrected chi connectivity index (χ0v) is 15.6. The van der Waals surface area contributed by atoms with Crippen LogP contribution < -0.4 is 14.4 Å². The normalized spacial score (nSPS) is 15.7. The Morgan fingerprint density at radius 1 is 1.17 bits per heavy atom. The molecule has 1 aromatic heterocycles. The van der Waals surface area contributed by atoms with Crippen LogP contribution in [0.1, 0.15) is 19.3 Å². The van der Waals surface area contributed by atoms with Crippen molar-refractivity contribution < 1.29 is 9.47 Å². The molecular weight excluding hydrogens is 320 g/mol. The van der Waals surface area contributed by atoms with Gasteiger partial charge < -0.3 is 14.4 Å². The summed E-state index contributed by atoms with van der Waals surface area (Å²) in [6.45, 7) is 2.24. The van der Waals surface area contributed by atoms with Gasteiger partial charge >= 0.3 is 0 Å². The lowest BCUT2D eigenvalue weighted by Crippen LogP contribution is -2.34. The number of fused-ring (bicyclic) bond motifs is 1. The number of pyridine rings is 1. The zero-order valence-electron chi connectivity index (χ0n) is 14.7. The van der Waals surface area contributed by atoms with Gasteiger partial charge in [0.15, 0.2) is 11.5 Å². The third kappa shape index (κ3) is 3.56. The van der Waals surface area contributed by atoms with Gasteiger partial charge in [0.1, 0.15) is 0 Å². The molecular formula is C19H26N2O2S. The number of hydrogen-bond donors (Lipinski definition) is 0. The number of nitrogens with zero attached hydrogens (tertiary/aromatic N) is 2. The summed E-state index contributed by atoms with van der Waals surface area (Å²) in [5.41, 5.74) is 2.21. The van der Waals surface area contributed by atoms with E-state index < -0.39 is 0 Å². The predicted octanol–water partition coefficient (Wildman–Crippen LogP) is 4.22. The van der Waals surface area contributed by atoms with Crippen molar-refractivity contribution in [1.82, 2.24) is 4.98 Å². The highest BCUT2D eigenvalue weighted by Gasteiger charge is 2.21. The lowest BCUT2D eigenvalue weighted by molar-refractivity contribution is 0.355. The molecule has 2 heterocycles. The molecule has 5 heteroatoms. The molecule has 3 rings (SSSR count). The van der Waals surface area contributed by atoms with Crippen LogP contribution in [-0.4, -0.2) is 44.3 Å². The van der Waals surface area contributed by atoms with Crippen LogP contribution in [0.2, 0.25) is 0 Å². The average molecular weight is 346 g/mol. The van der Waals surface area contributed by atoms with Gasteiger partial charge in [-0.25, -0.2) is 0 Å². The van der Waals surface area contributed by atoms with Crippen LogP contribution in [0.15, 0.2) is 24.4 Å². The standard InChI is InChI=1S/C19H26N2O2S/c1-22-18-12-15-16(13-19(18)23-2)20-8-4-17(15)21-9-5-14(6-10-21)7-11-24-3/h4,8,12-14H,5-7,9-11H2,1-3H3. The van der Waals surface area contributed by atoms with Crippen molar-refractivity contribution in [2.24, 2.45) is 5.92 Å². The fourth-order valence-electron chi connectivity index (χ4n) is 3.48. The van der Waals surface area contributed by atoms with E-state index in [1.165, 1.54) is 30.7 Å². The molecule has 1 aliphatic rings. The molecule has 0 amide bonds. The minimum Gasteiger partial charge on any atom is -0.493 e. The molecule has 1 fully saturated rings. The molecule has 0 spiro atoms. The number of hydrogen-bond acceptors (Lipinski definition) is 5. The monoisotopic (exact) mass is 346 g/mol. The van der Waals surface area contributed by atoms with Crippen LogP contribution in [0.4, 0.5) is 5.69 Å². The number of benzene rings is 1. The molecule has 0 aliphatic carbocycles. The summed E-state index contributed by atoms with van der Waals surface area (Å²) in [4.78, 5) is 7.00. The van der Waals surface area contributed by atoms with Gasteiger partial charge in [0.2, 0.25) is 0 Å². The third-order valence-corrected chi connectivity index (χ3v) is 5.55. The van der Waals surface area contributed by atoms with Crippen LogP contribution >= 0.6 is 11.8 Å². The van der Waals surface area contributed by atoms with E-state index >= 15 is 0 Å². The van der Waals surface area contributed by atoms with E-state index in [4.69, 9.17) is 9.47 Å². The quantitative estimate of drug-likeness (QED) is 0.782. The Hall–Kier alpha value is -1.62. The molecule has 24 heavy (non-hydrogen) atoms. The van der Waals surface area contributed by atoms with Crippen molar-refractivity contribution in [1.29, 1.82) is 0 Å². The van der Waals surface area contributed by atoms with Crippen LogP contribution in [0, 0.1) is 5.92 Å². The molecule has 1 aromatic carbocycles. The summed E-state index contributed by atoms with van der Waals surface area (Å²) < 4.78 is 10.9. The first-order valence-electron chi connectivity index (χ1n) is 8.51. The summed E-state index contributed by atoms with van der Waals surface area (Å²) in [7, 11) is 3.34. The highest BCUT2D eigenvalue weighted by atomic mass is 32.2. The lowest BCUT2D eigenvalue weighted by atomic mass is 9.94. The summed E-state index contributed by atoms with van der Waals surface area (Å²) in [5.74, 6) is 3.63. The van der Waals surface area contributed by atoms with E-state index in [9.17, 15) is 0 Å². The van der Waals surface area contributed by atoms with Gasteiger partial charge in [-0.15, -0.1) is 0 Å². The van der Waals surface area contributed by atoms with Gasteiger partial charge in [-0.1, -0.05) is 0 Å². The maximum Gasteiger partial charge on any atom is 0.162 e. The molecule has 0 atom stereocenters. The molecule has 0 radical (unpaired) electrons. The smallest absolute Gasteiger partial charge is 0.162 e. The minimum atomic E-state index is 0.727. The van der Waals surface area contributed by atoms with E-state index in [-0.39, 0.29) is 0 Å². The van der Waals surface area contributed by atoms with Crippen molar-refractivity contribution in [3.63, 3.8) is 0 Å². The topological polar surface area (TPSA) is 34.6 Å². The van der Waals surface area contributed by atoms with Crippen molar-refractivity contribution >= 4 is 28.4 Å². The minimum absolute atomic E-state index is 0.727. The predicted molar refractivity (Wildman–Crippen MR) is 103 cm³/mol. The molecule has 0 bridgehead atoms. The third-order valence-electron chi connectivity index (χ3n) is 4.91. The average Bonchev–Trinajstić information content (AvgIpc) is 2.65. The molecule has 130 valence electrons. The maximum absolute atomic E-state index is 5.47. The number of ether oxygens (including phenoxy) is 2. The Balaban J connectivity index is 1.85. The first-order valence-corrected chi connectivity index (χ1v) is 9.90. The lowest BCUT2D eigenvalue weighted by Gasteiger charge is -2.34. The van der Waals surface area contributed by atoms with Crippen LogP contribution in [0.3, 0.4) is 0 Å². The highest BCUT2D eigenvalue weighted by molar-refractivity contribution is 7.98. The molecule has 1 saturated heterocycles. The Morgan fingerprint density at radius 3 is 2.54 bits per heavy atom. The fraction of sp³-hybridized carbons (Fsp3) is 0.526. The summed E-state index contributed by atoms with van der Waals surface area (Å²) in [6, 6.07) is 6.13. The summed E-state index contributed by atoms with van der Waals surface area (Å²) in [6.07, 6.45) is 7.98. The van der Waals surface area contributed by atoms with Crippen molar-refractivity contribution in [2.75, 3.05) is 44.2 Å². The fourth-order valence-corrected chi connectivity index (χ4v) is 4.05. The van der Waals surface area contributed by atoms with Crippen LogP contribution in [-0.2, 0) is 0 Å². The Kier molecular flexibility index (Phi) is 5.72.